The lowest BCUT2D eigenvalue weighted by Gasteiger charge is -2.33. The molecular formula is C17H20N4O. The Morgan fingerprint density at radius 2 is 1.68 bits per heavy atom. The third kappa shape index (κ3) is 3.14. The molecule has 0 saturated carbocycles. The number of likely N-dealkylation sites (N-methyl/N-ethyl adjacent to an activating group) is 1. The molecule has 0 radical (unpaired) electrons. The van der Waals surface area contributed by atoms with Crippen molar-refractivity contribution in [2.75, 3.05) is 32.7 Å². The summed E-state index contributed by atoms with van der Waals surface area (Å²) in [7, 11) is 0. The molecule has 1 amide bonds. The van der Waals surface area contributed by atoms with Crippen LogP contribution in [0.15, 0.2) is 42.7 Å². The molecule has 3 rings (SSSR count). The third-order valence-corrected chi connectivity index (χ3v) is 4.04. The Labute approximate surface area is 130 Å². The van der Waals surface area contributed by atoms with Crippen molar-refractivity contribution in [3.8, 4) is 11.4 Å². The molecule has 2 heterocycles. The second-order valence-electron chi connectivity index (χ2n) is 5.39. The number of rotatable bonds is 3. The maximum atomic E-state index is 12.5. The number of benzene rings is 1. The Hall–Kier alpha value is -2.27. The van der Waals surface area contributed by atoms with E-state index in [1.807, 2.05) is 35.2 Å². The molecule has 22 heavy (non-hydrogen) atoms. The molecule has 1 aromatic heterocycles. The van der Waals surface area contributed by atoms with Gasteiger partial charge in [0.15, 0.2) is 5.82 Å². The molecule has 5 nitrogen and oxygen atoms in total. The Balaban J connectivity index is 1.69. The smallest absolute Gasteiger partial charge is 0.257 e. The number of carbonyl (C=O) groups excluding carboxylic acids is 1. The fourth-order valence-electron chi connectivity index (χ4n) is 2.62. The minimum atomic E-state index is 0.0235. The average Bonchev–Trinajstić information content (AvgIpc) is 2.62. The van der Waals surface area contributed by atoms with E-state index in [1.165, 1.54) is 0 Å². The van der Waals surface area contributed by atoms with Gasteiger partial charge < -0.3 is 9.80 Å². The zero-order valence-electron chi connectivity index (χ0n) is 12.8. The monoisotopic (exact) mass is 296 g/mol. The van der Waals surface area contributed by atoms with Gasteiger partial charge in [-0.3, -0.25) is 4.79 Å². The van der Waals surface area contributed by atoms with Gasteiger partial charge in [-0.05, 0) is 6.54 Å². The van der Waals surface area contributed by atoms with Crippen LogP contribution in [0.3, 0.4) is 0 Å². The van der Waals surface area contributed by atoms with E-state index in [0.29, 0.717) is 11.4 Å². The number of hydrogen-bond donors (Lipinski definition) is 0. The van der Waals surface area contributed by atoms with Crippen LogP contribution in [0.1, 0.15) is 17.3 Å². The van der Waals surface area contributed by atoms with Crippen LogP contribution in [0.2, 0.25) is 0 Å². The molecule has 1 saturated heterocycles. The number of nitrogens with zero attached hydrogens (tertiary/aromatic N) is 4. The Kier molecular flexibility index (Phi) is 4.44. The Morgan fingerprint density at radius 1 is 1.05 bits per heavy atom. The standard InChI is InChI=1S/C17H20N4O/c1-2-20-8-10-21(11-9-20)17(22)15-12-18-16(19-13-15)14-6-4-3-5-7-14/h3-7,12-13H,2,8-11H2,1H3. The van der Waals surface area contributed by atoms with Crippen LogP contribution >= 0.6 is 0 Å². The quantitative estimate of drug-likeness (QED) is 0.868. The van der Waals surface area contributed by atoms with Crippen LogP contribution in [-0.2, 0) is 0 Å². The minimum absolute atomic E-state index is 0.0235. The fraction of sp³-hybridized carbons (Fsp3) is 0.353. The molecule has 1 aliphatic rings. The zero-order valence-corrected chi connectivity index (χ0v) is 12.8. The number of amides is 1. The van der Waals surface area contributed by atoms with Crippen molar-refractivity contribution in [1.29, 1.82) is 0 Å². The first-order chi connectivity index (χ1) is 10.8. The maximum Gasteiger partial charge on any atom is 0.257 e. The molecule has 5 heteroatoms. The Morgan fingerprint density at radius 3 is 2.27 bits per heavy atom. The van der Waals surface area contributed by atoms with Gasteiger partial charge in [0, 0.05) is 44.1 Å². The zero-order chi connectivity index (χ0) is 15.4. The van der Waals surface area contributed by atoms with Gasteiger partial charge in [-0.25, -0.2) is 9.97 Å². The van der Waals surface area contributed by atoms with Gasteiger partial charge in [-0.15, -0.1) is 0 Å². The highest BCUT2D eigenvalue weighted by molar-refractivity contribution is 5.93. The van der Waals surface area contributed by atoms with Crippen molar-refractivity contribution < 1.29 is 4.79 Å². The molecule has 1 fully saturated rings. The lowest BCUT2D eigenvalue weighted by Crippen LogP contribution is -2.48. The summed E-state index contributed by atoms with van der Waals surface area (Å²) in [6, 6.07) is 9.77. The highest BCUT2D eigenvalue weighted by atomic mass is 16.2. The van der Waals surface area contributed by atoms with Crippen LogP contribution in [0.4, 0.5) is 0 Å². The van der Waals surface area contributed by atoms with Gasteiger partial charge in [-0.1, -0.05) is 37.3 Å². The van der Waals surface area contributed by atoms with E-state index >= 15 is 0 Å². The van der Waals surface area contributed by atoms with E-state index in [9.17, 15) is 4.79 Å². The van der Waals surface area contributed by atoms with Crippen molar-refractivity contribution in [2.24, 2.45) is 0 Å². The van der Waals surface area contributed by atoms with Gasteiger partial charge in [0.05, 0.1) is 5.56 Å². The lowest BCUT2D eigenvalue weighted by molar-refractivity contribution is 0.0642. The first kappa shape index (κ1) is 14.7. The SMILES string of the molecule is CCN1CCN(C(=O)c2cnc(-c3ccccc3)nc2)CC1. The first-order valence-corrected chi connectivity index (χ1v) is 7.67. The summed E-state index contributed by atoms with van der Waals surface area (Å²) in [5.74, 6) is 0.670. The molecule has 1 aromatic carbocycles. The predicted molar refractivity (Wildman–Crippen MR) is 85.5 cm³/mol. The highest BCUT2D eigenvalue weighted by Gasteiger charge is 2.21. The van der Waals surface area contributed by atoms with Crippen LogP contribution in [0, 0.1) is 0 Å². The maximum absolute atomic E-state index is 12.5. The summed E-state index contributed by atoms with van der Waals surface area (Å²) in [5.41, 5.74) is 1.52. The van der Waals surface area contributed by atoms with Crippen molar-refractivity contribution in [1.82, 2.24) is 19.8 Å². The Bertz CT molecular complexity index is 619. The van der Waals surface area contributed by atoms with Gasteiger partial charge in [0.1, 0.15) is 0 Å². The lowest BCUT2D eigenvalue weighted by atomic mass is 10.2. The number of piperazine rings is 1. The average molecular weight is 296 g/mol. The van der Waals surface area contributed by atoms with E-state index in [2.05, 4.69) is 21.8 Å². The molecular weight excluding hydrogens is 276 g/mol. The van der Waals surface area contributed by atoms with Crippen molar-refractivity contribution in [3.63, 3.8) is 0 Å². The molecule has 0 aliphatic carbocycles. The van der Waals surface area contributed by atoms with Gasteiger partial charge in [0.2, 0.25) is 0 Å². The minimum Gasteiger partial charge on any atom is -0.336 e. The van der Waals surface area contributed by atoms with Crippen LogP contribution < -0.4 is 0 Å². The van der Waals surface area contributed by atoms with Crippen molar-refractivity contribution in [2.45, 2.75) is 6.92 Å². The predicted octanol–water partition coefficient (Wildman–Crippen LogP) is 1.92. The number of aromatic nitrogens is 2. The molecule has 0 atom stereocenters. The molecule has 2 aromatic rings. The summed E-state index contributed by atoms with van der Waals surface area (Å²) < 4.78 is 0. The molecule has 0 bridgehead atoms. The number of carbonyl (C=O) groups is 1. The van der Waals surface area contributed by atoms with E-state index in [1.54, 1.807) is 12.4 Å². The highest BCUT2D eigenvalue weighted by Crippen LogP contribution is 2.14. The van der Waals surface area contributed by atoms with Crippen LogP contribution in [0.25, 0.3) is 11.4 Å². The second kappa shape index (κ2) is 6.66. The van der Waals surface area contributed by atoms with E-state index in [4.69, 9.17) is 0 Å². The summed E-state index contributed by atoms with van der Waals surface area (Å²) in [6.45, 7) is 6.60. The summed E-state index contributed by atoms with van der Waals surface area (Å²) >= 11 is 0. The van der Waals surface area contributed by atoms with Gasteiger partial charge >= 0.3 is 0 Å². The number of hydrogen-bond acceptors (Lipinski definition) is 4. The van der Waals surface area contributed by atoms with E-state index < -0.39 is 0 Å². The molecule has 0 unspecified atom stereocenters. The summed E-state index contributed by atoms with van der Waals surface area (Å²) in [6.07, 6.45) is 3.26. The molecule has 0 N–H and O–H groups in total. The normalized spacial score (nSPS) is 15.8. The fourth-order valence-corrected chi connectivity index (χ4v) is 2.62. The van der Waals surface area contributed by atoms with Crippen LogP contribution in [-0.4, -0.2) is 58.4 Å². The molecule has 0 spiro atoms. The largest absolute Gasteiger partial charge is 0.336 e. The summed E-state index contributed by atoms with van der Waals surface area (Å²) in [4.78, 5) is 25.4. The van der Waals surface area contributed by atoms with Gasteiger partial charge in [-0.2, -0.15) is 0 Å². The first-order valence-electron chi connectivity index (χ1n) is 7.67. The second-order valence-corrected chi connectivity index (χ2v) is 5.39. The van der Waals surface area contributed by atoms with E-state index in [-0.39, 0.29) is 5.91 Å². The van der Waals surface area contributed by atoms with E-state index in [0.717, 1.165) is 38.3 Å². The van der Waals surface area contributed by atoms with Crippen molar-refractivity contribution in [3.05, 3.63) is 48.3 Å². The topological polar surface area (TPSA) is 49.3 Å². The van der Waals surface area contributed by atoms with Gasteiger partial charge in [0.25, 0.3) is 5.91 Å². The molecule has 1 aliphatic heterocycles. The van der Waals surface area contributed by atoms with Crippen molar-refractivity contribution >= 4 is 5.91 Å². The van der Waals surface area contributed by atoms with Crippen LogP contribution in [0.5, 0.6) is 0 Å². The molecule has 114 valence electrons. The summed E-state index contributed by atoms with van der Waals surface area (Å²) in [5, 5.41) is 0. The third-order valence-electron chi connectivity index (χ3n) is 4.04.